The highest BCUT2D eigenvalue weighted by atomic mass is 15.2. The molecule has 3 N–H and O–H groups in total. The van der Waals surface area contributed by atoms with Crippen LogP contribution in [0.15, 0.2) is 0 Å². The second kappa shape index (κ2) is 3.72. The summed E-state index contributed by atoms with van der Waals surface area (Å²) >= 11 is 0. The molecule has 0 aromatic carbocycles. The molecule has 3 nitrogen and oxygen atoms in total. The highest BCUT2D eigenvalue weighted by Crippen LogP contribution is 2.15. The predicted molar refractivity (Wildman–Crippen MR) is 48.9 cm³/mol. The van der Waals surface area contributed by atoms with Crippen LogP contribution in [-0.4, -0.2) is 29.9 Å². The van der Waals surface area contributed by atoms with Crippen LogP contribution in [0, 0.1) is 5.41 Å². The van der Waals surface area contributed by atoms with E-state index in [0.717, 1.165) is 6.42 Å². The fourth-order valence-electron chi connectivity index (χ4n) is 0.739. The SMILES string of the molecule is CCC(C)(C)N(C)CC(=N)N. The summed E-state index contributed by atoms with van der Waals surface area (Å²) in [5.41, 5.74) is 5.43. The standard InChI is InChI=1S/C8H19N3/c1-5-8(2,3)11(4)6-7(9)10/h5-6H2,1-4H3,(H3,9,10). The van der Waals surface area contributed by atoms with E-state index in [4.69, 9.17) is 11.1 Å². The number of hydrogen-bond donors (Lipinski definition) is 2. The average Bonchev–Trinajstić information content (AvgIpc) is 1.86. The summed E-state index contributed by atoms with van der Waals surface area (Å²) in [5, 5.41) is 7.12. The molecule has 0 fully saturated rings. The van der Waals surface area contributed by atoms with Crippen molar-refractivity contribution < 1.29 is 0 Å². The van der Waals surface area contributed by atoms with E-state index in [1.165, 1.54) is 0 Å². The fraction of sp³-hybridized carbons (Fsp3) is 0.875. The van der Waals surface area contributed by atoms with E-state index >= 15 is 0 Å². The van der Waals surface area contributed by atoms with Crippen LogP contribution in [0.4, 0.5) is 0 Å². The van der Waals surface area contributed by atoms with Crippen LogP contribution in [0.5, 0.6) is 0 Å². The first-order valence-electron chi connectivity index (χ1n) is 3.94. The lowest BCUT2D eigenvalue weighted by Crippen LogP contribution is -2.44. The first-order chi connectivity index (χ1) is 4.90. The van der Waals surface area contributed by atoms with Gasteiger partial charge in [0.05, 0.1) is 6.54 Å². The van der Waals surface area contributed by atoms with Crippen LogP contribution in [-0.2, 0) is 0 Å². The third kappa shape index (κ3) is 3.37. The van der Waals surface area contributed by atoms with Gasteiger partial charge in [0, 0.05) is 5.54 Å². The first kappa shape index (κ1) is 10.4. The summed E-state index contributed by atoms with van der Waals surface area (Å²) in [5.74, 6) is 0.231. The minimum atomic E-state index is 0.145. The molecule has 66 valence electrons. The molecule has 0 saturated heterocycles. The zero-order chi connectivity index (χ0) is 9.07. The van der Waals surface area contributed by atoms with E-state index in [1.807, 2.05) is 7.05 Å². The Balaban J connectivity index is 4.01. The van der Waals surface area contributed by atoms with Gasteiger partial charge < -0.3 is 5.73 Å². The van der Waals surface area contributed by atoms with Gasteiger partial charge in [-0.2, -0.15) is 0 Å². The molecule has 0 amide bonds. The van der Waals surface area contributed by atoms with Crippen molar-refractivity contribution in [3.05, 3.63) is 0 Å². The third-order valence-electron chi connectivity index (χ3n) is 2.31. The second-order valence-corrected chi connectivity index (χ2v) is 3.55. The molecular weight excluding hydrogens is 138 g/mol. The molecule has 0 aliphatic carbocycles. The van der Waals surface area contributed by atoms with Crippen molar-refractivity contribution in [2.75, 3.05) is 13.6 Å². The molecule has 0 unspecified atom stereocenters. The number of rotatable bonds is 4. The van der Waals surface area contributed by atoms with Gasteiger partial charge in [-0.3, -0.25) is 10.3 Å². The van der Waals surface area contributed by atoms with Gasteiger partial charge in [-0.25, -0.2) is 0 Å². The fourth-order valence-corrected chi connectivity index (χ4v) is 0.739. The maximum atomic E-state index is 7.12. The molecule has 11 heavy (non-hydrogen) atoms. The third-order valence-corrected chi connectivity index (χ3v) is 2.31. The maximum Gasteiger partial charge on any atom is 0.105 e. The van der Waals surface area contributed by atoms with Crippen molar-refractivity contribution in [3.63, 3.8) is 0 Å². The molecule has 3 heteroatoms. The Morgan fingerprint density at radius 2 is 2.00 bits per heavy atom. The van der Waals surface area contributed by atoms with Crippen molar-refractivity contribution in [2.45, 2.75) is 32.7 Å². The Morgan fingerprint density at radius 1 is 1.55 bits per heavy atom. The molecule has 0 rings (SSSR count). The van der Waals surface area contributed by atoms with E-state index in [1.54, 1.807) is 0 Å². The van der Waals surface area contributed by atoms with E-state index in [-0.39, 0.29) is 11.4 Å². The summed E-state index contributed by atoms with van der Waals surface area (Å²) < 4.78 is 0. The molecule has 0 aromatic heterocycles. The van der Waals surface area contributed by atoms with Crippen molar-refractivity contribution in [1.82, 2.24) is 4.90 Å². The molecule has 0 aliphatic heterocycles. The summed E-state index contributed by atoms with van der Waals surface area (Å²) in [6.07, 6.45) is 1.07. The lowest BCUT2D eigenvalue weighted by atomic mass is 10.0. The van der Waals surface area contributed by atoms with Crippen LogP contribution in [0.25, 0.3) is 0 Å². The van der Waals surface area contributed by atoms with E-state index in [2.05, 4.69) is 25.7 Å². The largest absolute Gasteiger partial charge is 0.387 e. The summed E-state index contributed by atoms with van der Waals surface area (Å²) in [7, 11) is 1.99. The Bertz CT molecular complexity index is 140. The van der Waals surface area contributed by atoms with Gasteiger partial charge in [-0.1, -0.05) is 6.92 Å². The molecule has 0 saturated carbocycles. The molecule has 0 bridgehead atoms. The van der Waals surface area contributed by atoms with Crippen molar-refractivity contribution in [1.29, 1.82) is 5.41 Å². The first-order valence-corrected chi connectivity index (χ1v) is 3.94. The zero-order valence-electron chi connectivity index (χ0n) is 7.94. The monoisotopic (exact) mass is 157 g/mol. The Hall–Kier alpha value is -0.570. The van der Waals surface area contributed by atoms with Gasteiger partial charge in [0.15, 0.2) is 0 Å². The molecular formula is C8H19N3. The smallest absolute Gasteiger partial charge is 0.105 e. The highest BCUT2D eigenvalue weighted by molar-refractivity contribution is 5.78. The number of nitrogens with one attached hydrogen (secondary N) is 1. The summed E-state index contributed by atoms with van der Waals surface area (Å²) in [6.45, 7) is 6.99. The van der Waals surface area contributed by atoms with Gasteiger partial charge in [0.25, 0.3) is 0 Å². The quantitative estimate of drug-likeness (QED) is 0.473. The number of hydrogen-bond acceptors (Lipinski definition) is 2. The summed E-state index contributed by atoms with van der Waals surface area (Å²) in [4.78, 5) is 2.09. The summed E-state index contributed by atoms with van der Waals surface area (Å²) in [6, 6.07) is 0. The molecule has 0 heterocycles. The molecule has 0 atom stereocenters. The average molecular weight is 157 g/mol. The van der Waals surface area contributed by atoms with Crippen LogP contribution in [0.2, 0.25) is 0 Å². The van der Waals surface area contributed by atoms with Gasteiger partial charge >= 0.3 is 0 Å². The molecule has 0 aliphatic rings. The molecule has 0 aromatic rings. The molecule has 0 spiro atoms. The number of nitrogens with zero attached hydrogens (tertiary/aromatic N) is 1. The normalized spacial score (nSPS) is 12.1. The van der Waals surface area contributed by atoms with Gasteiger partial charge in [0.1, 0.15) is 5.84 Å². The lowest BCUT2D eigenvalue weighted by molar-refractivity contribution is 0.173. The zero-order valence-corrected chi connectivity index (χ0v) is 7.94. The van der Waals surface area contributed by atoms with Crippen LogP contribution >= 0.6 is 0 Å². The van der Waals surface area contributed by atoms with Crippen molar-refractivity contribution in [2.24, 2.45) is 5.73 Å². The Labute approximate surface area is 69.1 Å². The Morgan fingerprint density at radius 3 is 2.27 bits per heavy atom. The maximum absolute atomic E-state index is 7.12. The van der Waals surface area contributed by atoms with Crippen LogP contribution < -0.4 is 5.73 Å². The minimum absolute atomic E-state index is 0.145. The van der Waals surface area contributed by atoms with Gasteiger partial charge in [-0.15, -0.1) is 0 Å². The van der Waals surface area contributed by atoms with Crippen LogP contribution in [0.3, 0.4) is 0 Å². The van der Waals surface area contributed by atoms with Crippen LogP contribution in [0.1, 0.15) is 27.2 Å². The number of nitrogens with two attached hydrogens (primary N) is 1. The Kier molecular flexibility index (Phi) is 3.52. The number of likely N-dealkylation sites (N-methyl/N-ethyl adjacent to an activating group) is 1. The van der Waals surface area contributed by atoms with Gasteiger partial charge in [0.2, 0.25) is 0 Å². The minimum Gasteiger partial charge on any atom is -0.387 e. The van der Waals surface area contributed by atoms with E-state index in [0.29, 0.717) is 6.54 Å². The van der Waals surface area contributed by atoms with E-state index < -0.39 is 0 Å². The predicted octanol–water partition coefficient (Wildman–Crippen LogP) is 1.04. The van der Waals surface area contributed by atoms with Crippen molar-refractivity contribution in [3.8, 4) is 0 Å². The lowest BCUT2D eigenvalue weighted by Gasteiger charge is -2.34. The van der Waals surface area contributed by atoms with E-state index in [9.17, 15) is 0 Å². The second-order valence-electron chi connectivity index (χ2n) is 3.55. The molecule has 0 radical (unpaired) electrons. The van der Waals surface area contributed by atoms with Crippen molar-refractivity contribution >= 4 is 5.84 Å². The topological polar surface area (TPSA) is 53.1 Å². The number of amidine groups is 1. The highest BCUT2D eigenvalue weighted by Gasteiger charge is 2.20. The van der Waals surface area contributed by atoms with Gasteiger partial charge in [-0.05, 0) is 27.3 Å².